The summed E-state index contributed by atoms with van der Waals surface area (Å²) >= 11 is 0. The van der Waals surface area contributed by atoms with Crippen LogP contribution in [0.1, 0.15) is 34.5 Å². The van der Waals surface area contributed by atoms with Gasteiger partial charge in [-0.2, -0.15) is 0 Å². The summed E-state index contributed by atoms with van der Waals surface area (Å²) in [4.78, 5) is 16.1. The summed E-state index contributed by atoms with van der Waals surface area (Å²) in [5.41, 5.74) is 1.98. The van der Waals surface area contributed by atoms with Crippen molar-refractivity contribution in [3.8, 4) is 17.2 Å². The van der Waals surface area contributed by atoms with E-state index in [9.17, 15) is 14.3 Å². The first kappa shape index (κ1) is 16.0. The molecule has 6 heteroatoms. The molecule has 24 heavy (non-hydrogen) atoms. The van der Waals surface area contributed by atoms with Crippen LogP contribution in [0.3, 0.4) is 0 Å². The van der Waals surface area contributed by atoms with Gasteiger partial charge in [0.05, 0.1) is 6.20 Å². The number of hydrogen-bond donors (Lipinski definition) is 1. The molecule has 0 fully saturated rings. The summed E-state index contributed by atoms with van der Waals surface area (Å²) in [6.07, 6.45) is 5.20. The number of halogens is 1. The maximum atomic E-state index is 13.6. The second kappa shape index (κ2) is 6.31. The molecule has 1 heterocycles. The highest BCUT2D eigenvalue weighted by Crippen LogP contribution is 2.29. The molecule has 0 atom stereocenters. The second-order valence-corrected chi connectivity index (χ2v) is 5.59. The number of phenols is 1. The molecule has 2 aromatic rings. The number of rotatable bonds is 3. The minimum atomic E-state index is -0.808. The molecule has 0 spiro atoms. The average Bonchev–Trinajstić information content (AvgIpc) is 3.04. The summed E-state index contributed by atoms with van der Waals surface area (Å²) in [5, 5.41) is 9.81. The standard InChI is InChI=1S/C18H16FNO4/c1-10-7-12(8-11(2)16(10)21)17-20-9-15(23-17)18(22)24-14-6-4-3-5-13(14)19/h4,6-9,21H,3,5H2,1-2H3. The van der Waals surface area contributed by atoms with Gasteiger partial charge in [0.25, 0.3) is 0 Å². The molecule has 1 N–H and O–H groups in total. The van der Waals surface area contributed by atoms with Gasteiger partial charge in [0.2, 0.25) is 11.7 Å². The average molecular weight is 329 g/mol. The Bertz CT molecular complexity index is 841. The number of aromatic hydroxyl groups is 1. The number of ether oxygens (including phenoxy) is 1. The first-order valence-corrected chi connectivity index (χ1v) is 7.49. The van der Waals surface area contributed by atoms with Gasteiger partial charge in [0.1, 0.15) is 11.6 Å². The van der Waals surface area contributed by atoms with Crippen molar-refractivity contribution in [3.63, 3.8) is 0 Å². The lowest BCUT2D eigenvalue weighted by atomic mass is 10.1. The molecule has 0 aliphatic heterocycles. The van der Waals surface area contributed by atoms with Crippen LogP contribution in [0.15, 0.2) is 46.5 Å². The summed E-state index contributed by atoms with van der Waals surface area (Å²) in [6.45, 7) is 3.52. The number of nitrogens with zero attached hydrogens (tertiary/aromatic N) is 1. The predicted molar refractivity (Wildman–Crippen MR) is 85.0 cm³/mol. The molecule has 3 rings (SSSR count). The van der Waals surface area contributed by atoms with Gasteiger partial charge < -0.3 is 14.3 Å². The van der Waals surface area contributed by atoms with E-state index in [2.05, 4.69) is 4.98 Å². The second-order valence-electron chi connectivity index (χ2n) is 5.59. The van der Waals surface area contributed by atoms with E-state index in [1.807, 2.05) is 0 Å². The van der Waals surface area contributed by atoms with Crippen LogP contribution in [0.5, 0.6) is 5.75 Å². The van der Waals surface area contributed by atoms with E-state index in [1.165, 1.54) is 12.3 Å². The Kier molecular flexibility index (Phi) is 4.20. The van der Waals surface area contributed by atoms with Crippen LogP contribution >= 0.6 is 0 Å². The number of oxazole rings is 1. The Morgan fingerprint density at radius 1 is 1.33 bits per heavy atom. The van der Waals surface area contributed by atoms with Crippen LogP contribution in [0.4, 0.5) is 4.39 Å². The third-order valence-corrected chi connectivity index (χ3v) is 3.71. The number of aromatic nitrogens is 1. The van der Waals surface area contributed by atoms with Crippen LogP contribution < -0.4 is 0 Å². The largest absolute Gasteiger partial charge is 0.507 e. The van der Waals surface area contributed by atoms with E-state index in [4.69, 9.17) is 9.15 Å². The molecule has 1 aliphatic rings. The van der Waals surface area contributed by atoms with Crippen molar-refractivity contribution in [1.82, 2.24) is 4.98 Å². The molecule has 124 valence electrons. The van der Waals surface area contributed by atoms with E-state index in [0.717, 1.165) is 0 Å². The van der Waals surface area contributed by atoms with Gasteiger partial charge in [-0.15, -0.1) is 0 Å². The van der Waals surface area contributed by atoms with Gasteiger partial charge in [0, 0.05) is 12.0 Å². The van der Waals surface area contributed by atoms with Crippen LogP contribution in [0.2, 0.25) is 0 Å². The van der Waals surface area contributed by atoms with Gasteiger partial charge in [-0.3, -0.25) is 0 Å². The fraction of sp³-hybridized carbons (Fsp3) is 0.222. The smallest absolute Gasteiger partial charge is 0.381 e. The predicted octanol–water partition coefficient (Wildman–Crippen LogP) is 4.35. The number of benzene rings is 1. The fourth-order valence-electron chi connectivity index (χ4n) is 2.43. The molecule has 0 saturated heterocycles. The van der Waals surface area contributed by atoms with Gasteiger partial charge in [-0.05, 0) is 49.6 Å². The summed E-state index contributed by atoms with van der Waals surface area (Å²) in [7, 11) is 0. The SMILES string of the molecule is Cc1cc(-c2ncc(C(=O)OC3=C(F)CCC=C3)o2)cc(C)c1O. The lowest BCUT2D eigenvalue weighted by molar-refractivity contribution is 0.0591. The topological polar surface area (TPSA) is 72.6 Å². The highest BCUT2D eigenvalue weighted by molar-refractivity contribution is 5.87. The van der Waals surface area contributed by atoms with E-state index in [-0.39, 0.29) is 29.6 Å². The van der Waals surface area contributed by atoms with Crippen LogP contribution in [0.25, 0.3) is 11.5 Å². The summed E-state index contributed by atoms with van der Waals surface area (Å²) in [6, 6.07) is 3.41. The molecular weight excluding hydrogens is 313 g/mol. The van der Waals surface area contributed by atoms with E-state index in [0.29, 0.717) is 23.1 Å². The number of hydrogen-bond acceptors (Lipinski definition) is 5. The number of phenolic OH excluding ortho intramolecular Hbond substituents is 1. The maximum absolute atomic E-state index is 13.6. The van der Waals surface area contributed by atoms with Gasteiger partial charge in [-0.1, -0.05) is 6.08 Å². The third-order valence-electron chi connectivity index (χ3n) is 3.71. The Morgan fingerprint density at radius 2 is 2.04 bits per heavy atom. The lowest BCUT2D eigenvalue weighted by Crippen LogP contribution is -2.05. The Labute approximate surface area is 138 Å². The van der Waals surface area contributed by atoms with Gasteiger partial charge in [0.15, 0.2) is 5.76 Å². The maximum Gasteiger partial charge on any atom is 0.381 e. The molecule has 1 aliphatic carbocycles. The monoisotopic (exact) mass is 329 g/mol. The summed E-state index contributed by atoms with van der Waals surface area (Å²) < 4.78 is 24.0. The van der Waals surface area contributed by atoms with Crippen LogP contribution in [-0.4, -0.2) is 16.1 Å². The Hall–Kier alpha value is -2.89. The third kappa shape index (κ3) is 3.08. The van der Waals surface area contributed by atoms with Crippen LogP contribution in [0, 0.1) is 13.8 Å². The van der Waals surface area contributed by atoms with Crippen molar-refractivity contribution in [3.05, 3.63) is 59.0 Å². The normalized spacial score (nSPS) is 14.1. The van der Waals surface area contributed by atoms with Crippen molar-refractivity contribution in [2.75, 3.05) is 0 Å². The van der Waals surface area contributed by atoms with Crippen molar-refractivity contribution < 1.29 is 23.4 Å². The molecular formula is C18H16FNO4. The molecule has 0 unspecified atom stereocenters. The highest BCUT2D eigenvalue weighted by atomic mass is 19.1. The van der Waals surface area contributed by atoms with Crippen molar-refractivity contribution >= 4 is 5.97 Å². The number of esters is 1. The quantitative estimate of drug-likeness (QED) is 0.847. The molecule has 1 aromatic carbocycles. The molecule has 0 saturated carbocycles. The highest BCUT2D eigenvalue weighted by Gasteiger charge is 2.20. The molecule has 5 nitrogen and oxygen atoms in total. The zero-order valence-corrected chi connectivity index (χ0v) is 13.3. The Balaban J connectivity index is 1.83. The van der Waals surface area contributed by atoms with E-state index < -0.39 is 11.8 Å². The van der Waals surface area contributed by atoms with E-state index >= 15 is 0 Å². The molecule has 0 bridgehead atoms. The van der Waals surface area contributed by atoms with Gasteiger partial charge in [-0.25, -0.2) is 14.2 Å². The van der Waals surface area contributed by atoms with Crippen molar-refractivity contribution in [2.45, 2.75) is 26.7 Å². The first-order valence-electron chi connectivity index (χ1n) is 7.49. The summed E-state index contributed by atoms with van der Waals surface area (Å²) in [5.74, 6) is -1.06. The number of carbonyl (C=O) groups is 1. The number of allylic oxidation sites excluding steroid dienone is 3. The minimum Gasteiger partial charge on any atom is -0.507 e. The molecule has 0 amide bonds. The fourth-order valence-corrected chi connectivity index (χ4v) is 2.43. The minimum absolute atomic E-state index is 0.0967. The van der Waals surface area contributed by atoms with E-state index in [1.54, 1.807) is 32.1 Å². The number of aryl methyl sites for hydroxylation is 2. The van der Waals surface area contributed by atoms with Crippen LogP contribution in [-0.2, 0) is 4.74 Å². The van der Waals surface area contributed by atoms with Crippen molar-refractivity contribution in [2.24, 2.45) is 0 Å². The number of carbonyl (C=O) groups excluding carboxylic acids is 1. The molecule has 0 radical (unpaired) electrons. The Morgan fingerprint density at radius 3 is 2.71 bits per heavy atom. The zero-order chi connectivity index (χ0) is 17.3. The van der Waals surface area contributed by atoms with Gasteiger partial charge >= 0.3 is 5.97 Å². The molecule has 1 aromatic heterocycles. The lowest BCUT2D eigenvalue weighted by Gasteiger charge is -2.08. The van der Waals surface area contributed by atoms with Crippen molar-refractivity contribution in [1.29, 1.82) is 0 Å². The first-order chi connectivity index (χ1) is 11.5. The zero-order valence-electron chi connectivity index (χ0n) is 13.3.